The minimum atomic E-state index is 0.467. The van der Waals surface area contributed by atoms with Crippen LogP contribution >= 0.6 is 11.8 Å². The average molecular weight is 390 g/mol. The van der Waals surface area contributed by atoms with Gasteiger partial charge in [-0.2, -0.15) is 0 Å². The van der Waals surface area contributed by atoms with Gasteiger partial charge in [0.15, 0.2) is 5.58 Å². The van der Waals surface area contributed by atoms with Crippen LogP contribution in [-0.4, -0.2) is 27.3 Å². The van der Waals surface area contributed by atoms with Crippen LogP contribution in [0.2, 0.25) is 0 Å². The van der Waals surface area contributed by atoms with Crippen molar-refractivity contribution in [3.8, 4) is 17.2 Å². The highest BCUT2D eigenvalue weighted by atomic mass is 32.2. The maximum atomic E-state index is 5.94. The summed E-state index contributed by atoms with van der Waals surface area (Å²) in [6, 6.07) is 15.3. The van der Waals surface area contributed by atoms with Crippen molar-refractivity contribution in [2.45, 2.75) is 10.8 Å². The van der Waals surface area contributed by atoms with E-state index in [1.807, 2.05) is 48.5 Å². The number of furan rings is 1. The van der Waals surface area contributed by atoms with Crippen LogP contribution in [0.25, 0.3) is 33.5 Å². The van der Waals surface area contributed by atoms with E-state index < -0.39 is 0 Å². The molecule has 28 heavy (non-hydrogen) atoms. The van der Waals surface area contributed by atoms with Crippen molar-refractivity contribution in [1.29, 1.82) is 0 Å². The molecule has 0 unspecified atom stereocenters. The first-order valence-corrected chi connectivity index (χ1v) is 9.52. The van der Waals surface area contributed by atoms with E-state index in [0.717, 1.165) is 32.8 Å². The number of para-hydroxylation sites is 1. The van der Waals surface area contributed by atoms with Gasteiger partial charge in [0.2, 0.25) is 11.8 Å². The molecule has 0 saturated heterocycles. The zero-order valence-electron chi connectivity index (χ0n) is 14.8. The van der Waals surface area contributed by atoms with Gasteiger partial charge in [0, 0.05) is 10.9 Å². The number of rotatable bonds is 5. The number of hydrogen-bond acceptors (Lipinski definition) is 8. The molecule has 0 aliphatic heterocycles. The van der Waals surface area contributed by atoms with Crippen LogP contribution < -0.4 is 4.74 Å². The molecule has 0 saturated carbocycles. The Labute approximate surface area is 163 Å². The van der Waals surface area contributed by atoms with Crippen LogP contribution in [0.3, 0.4) is 0 Å². The van der Waals surface area contributed by atoms with Gasteiger partial charge in [0.05, 0.1) is 12.9 Å². The molecule has 0 atom stereocenters. The quantitative estimate of drug-likeness (QED) is 0.314. The molecule has 0 bridgehead atoms. The summed E-state index contributed by atoms with van der Waals surface area (Å²) in [5.41, 5.74) is 3.10. The largest absolute Gasteiger partial charge is 0.497 e. The molecule has 5 rings (SSSR count). The van der Waals surface area contributed by atoms with Crippen molar-refractivity contribution >= 4 is 33.8 Å². The zero-order valence-corrected chi connectivity index (χ0v) is 15.6. The van der Waals surface area contributed by atoms with Gasteiger partial charge in [0.1, 0.15) is 28.2 Å². The lowest BCUT2D eigenvalue weighted by atomic mass is 10.2. The van der Waals surface area contributed by atoms with Crippen LogP contribution in [-0.2, 0) is 5.75 Å². The highest BCUT2D eigenvalue weighted by Gasteiger charge is 2.15. The van der Waals surface area contributed by atoms with E-state index in [1.54, 1.807) is 13.4 Å². The Morgan fingerprint density at radius 1 is 0.964 bits per heavy atom. The van der Waals surface area contributed by atoms with Crippen molar-refractivity contribution in [2.75, 3.05) is 7.11 Å². The molecule has 0 aliphatic rings. The molecule has 0 spiro atoms. The summed E-state index contributed by atoms with van der Waals surface area (Å²) >= 11 is 1.47. The second kappa shape index (κ2) is 6.97. The Morgan fingerprint density at radius 3 is 2.68 bits per heavy atom. The van der Waals surface area contributed by atoms with E-state index >= 15 is 0 Å². The number of benzene rings is 2. The maximum Gasteiger partial charge on any atom is 0.247 e. The van der Waals surface area contributed by atoms with Crippen LogP contribution in [0.15, 0.2) is 68.7 Å². The summed E-state index contributed by atoms with van der Waals surface area (Å²) in [7, 11) is 1.63. The van der Waals surface area contributed by atoms with Gasteiger partial charge in [-0.15, -0.1) is 10.2 Å². The molecule has 8 heteroatoms. The molecule has 2 aromatic carbocycles. The minimum absolute atomic E-state index is 0.467. The molecule has 7 nitrogen and oxygen atoms in total. The summed E-state index contributed by atoms with van der Waals surface area (Å²) in [6.45, 7) is 0. The van der Waals surface area contributed by atoms with Crippen LogP contribution in [0.4, 0.5) is 0 Å². The summed E-state index contributed by atoms with van der Waals surface area (Å²) in [4.78, 5) is 8.72. The maximum absolute atomic E-state index is 5.94. The fraction of sp³-hybridized carbons (Fsp3) is 0.100. The number of methoxy groups -OCH3 is 1. The fourth-order valence-corrected chi connectivity index (χ4v) is 3.67. The molecule has 0 amide bonds. The Morgan fingerprint density at radius 2 is 1.82 bits per heavy atom. The summed E-state index contributed by atoms with van der Waals surface area (Å²) < 4.78 is 16.9. The summed E-state index contributed by atoms with van der Waals surface area (Å²) in [5, 5.41) is 9.97. The van der Waals surface area contributed by atoms with Gasteiger partial charge in [-0.3, -0.25) is 0 Å². The van der Waals surface area contributed by atoms with E-state index in [2.05, 4.69) is 20.2 Å². The lowest BCUT2D eigenvalue weighted by Gasteiger charge is -1.99. The van der Waals surface area contributed by atoms with Gasteiger partial charge >= 0.3 is 0 Å². The van der Waals surface area contributed by atoms with E-state index in [1.165, 1.54) is 11.8 Å². The Hall–Kier alpha value is -3.39. The number of thioether (sulfide) groups is 1. The first-order chi connectivity index (χ1) is 13.8. The molecule has 5 aromatic rings. The predicted octanol–water partition coefficient (Wildman–Crippen LogP) is 4.73. The molecule has 138 valence electrons. The third-order valence-corrected chi connectivity index (χ3v) is 5.22. The number of aromatic nitrogens is 4. The summed E-state index contributed by atoms with van der Waals surface area (Å²) in [5.74, 6) is 2.23. The normalized spacial score (nSPS) is 11.3. The van der Waals surface area contributed by atoms with Crippen molar-refractivity contribution < 1.29 is 13.6 Å². The Balaban J connectivity index is 1.38. The second-order valence-electron chi connectivity index (χ2n) is 5.97. The van der Waals surface area contributed by atoms with Gasteiger partial charge in [-0.25, -0.2) is 9.97 Å². The van der Waals surface area contributed by atoms with E-state index in [9.17, 15) is 0 Å². The topological polar surface area (TPSA) is 87.1 Å². The molecule has 0 radical (unpaired) electrons. The minimum Gasteiger partial charge on any atom is -0.497 e. The fourth-order valence-electron chi connectivity index (χ4n) is 2.90. The van der Waals surface area contributed by atoms with Gasteiger partial charge in [-0.1, -0.05) is 23.9 Å². The smallest absolute Gasteiger partial charge is 0.247 e. The van der Waals surface area contributed by atoms with Gasteiger partial charge < -0.3 is 13.6 Å². The second-order valence-corrected chi connectivity index (χ2v) is 6.94. The van der Waals surface area contributed by atoms with Crippen molar-refractivity contribution in [2.24, 2.45) is 0 Å². The van der Waals surface area contributed by atoms with Crippen LogP contribution in [0.5, 0.6) is 5.75 Å². The number of ether oxygens (including phenoxy) is 1. The van der Waals surface area contributed by atoms with Crippen LogP contribution in [0, 0.1) is 0 Å². The monoisotopic (exact) mass is 390 g/mol. The van der Waals surface area contributed by atoms with E-state index in [0.29, 0.717) is 23.1 Å². The van der Waals surface area contributed by atoms with Crippen molar-refractivity contribution in [3.05, 3.63) is 60.7 Å². The third-order valence-electron chi connectivity index (χ3n) is 4.26. The molecule has 3 heterocycles. The highest BCUT2D eigenvalue weighted by molar-refractivity contribution is 7.98. The molecule has 3 aromatic heterocycles. The first-order valence-electron chi connectivity index (χ1n) is 8.53. The zero-order chi connectivity index (χ0) is 18.9. The molecule has 0 aliphatic carbocycles. The Bertz CT molecular complexity index is 1260. The number of hydrogen-bond donors (Lipinski definition) is 0. The molecule has 0 fully saturated rings. The predicted molar refractivity (Wildman–Crippen MR) is 105 cm³/mol. The van der Waals surface area contributed by atoms with Crippen molar-refractivity contribution in [1.82, 2.24) is 20.2 Å². The van der Waals surface area contributed by atoms with Gasteiger partial charge in [0.25, 0.3) is 0 Å². The van der Waals surface area contributed by atoms with Crippen molar-refractivity contribution in [3.63, 3.8) is 0 Å². The first kappa shape index (κ1) is 16.8. The molecule has 0 N–H and O–H groups in total. The SMILES string of the molecule is COc1ccc(-c2nnc(CSc3ncnc4c3oc3ccccc34)o2)cc1. The lowest BCUT2D eigenvalue weighted by Crippen LogP contribution is -1.86. The van der Waals surface area contributed by atoms with Crippen LogP contribution in [0.1, 0.15) is 5.89 Å². The standard InChI is InChI=1S/C20H14N4O3S/c1-25-13-8-6-12(7-9-13)19-24-23-16(27-19)10-28-20-18-17(21-11-22-20)14-4-2-3-5-15(14)26-18/h2-9,11H,10H2,1H3. The lowest BCUT2D eigenvalue weighted by molar-refractivity contribution is 0.415. The summed E-state index contributed by atoms with van der Waals surface area (Å²) in [6.07, 6.45) is 1.54. The highest BCUT2D eigenvalue weighted by Crippen LogP contribution is 2.33. The number of nitrogens with zero attached hydrogens (tertiary/aromatic N) is 4. The third kappa shape index (κ3) is 2.97. The molecular weight excluding hydrogens is 376 g/mol. The average Bonchev–Trinajstić information content (AvgIpc) is 3.37. The van der Waals surface area contributed by atoms with E-state index in [-0.39, 0.29) is 0 Å². The number of fused-ring (bicyclic) bond motifs is 3. The van der Waals surface area contributed by atoms with Gasteiger partial charge in [-0.05, 0) is 36.4 Å². The van der Waals surface area contributed by atoms with E-state index in [4.69, 9.17) is 13.6 Å². The molecular formula is C20H14N4O3S. The Kier molecular flexibility index (Phi) is 4.17.